The van der Waals surface area contributed by atoms with Crippen molar-refractivity contribution < 1.29 is 9.90 Å². The molecule has 0 unspecified atom stereocenters. The molecule has 0 fully saturated rings. The van der Waals surface area contributed by atoms with E-state index in [-0.39, 0.29) is 5.75 Å². The predicted molar refractivity (Wildman–Crippen MR) is 81.4 cm³/mol. The molecular weight excluding hydrogens is 266 g/mol. The number of anilines is 2. The third-order valence-electron chi connectivity index (χ3n) is 3.02. The number of benzene rings is 2. The molecule has 0 heterocycles. The molecule has 0 spiro atoms. The molecule has 5 nitrogen and oxygen atoms in total. The van der Waals surface area contributed by atoms with Gasteiger partial charge in [0, 0.05) is 5.69 Å². The van der Waals surface area contributed by atoms with Crippen molar-refractivity contribution in [2.24, 2.45) is 0 Å². The van der Waals surface area contributed by atoms with E-state index in [1.54, 1.807) is 36.4 Å². The highest BCUT2D eigenvalue weighted by molar-refractivity contribution is 6.00. The first-order valence-electron chi connectivity index (χ1n) is 6.38. The van der Waals surface area contributed by atoms with Gasteiger partial charge in [0.1, 0.15) is 5.75 Å². The van der Waals surface area contributed by atoms with E-state index in [1.165, 1.54) is 0 Å². The van der Waals surface area contributed by atoms with Crippen molar-refractivity contribution in [3.63, 3.8) is 0 Å². The lowest BCUT2D eigenvalue weighted by Gasteiger charge is -2.10. The predicted octanol–water partition coefficient (Wildman–Crippen LogP) is 3.52. The quantitative estimate of drug-likeness (QED) is 0.736. The van der Waals surface area contributed by atoms with Crippen LogP contribution in [0, 0.1) is 25.2 Å². The molecule has 0 aliphatic rings. The van der Waals surface area contributed by atoms with Crippen molar-refractivity contribution in [3.8, 4) is 11.8 Å². The number of nitrogens with zero attached hydrogens (tertiary/aromatic N) is 1. The Morgan fingerprint density at radius 3 is 2.57 bits per heavy atom. The fourth-order valence-electron chi connectivity index (χ4n) is 1.85. The maximum Gasteiger partial charge on any atom is 0.323 e. The number of amides is 2. The zero-order valence-corrected chi connectivity index (χ0v) is 11.8. The zero-order valence-electron chi connectivity index (χ0n) is 11.8. The molecule has 2 aromatic rings. The van der Waals surface area contributed by atoms with Crippen molar-refractivity contribution in [2.45, 2.75) is 13.8 Å². The second kappa shape index (κ2) is 5.97. The van der Waals surface area contributed by atoms with E-state index in [4.69, 9.17) is 5.26 Å². The first kappa shape index (κ1) is 14.4. The van der Waals surface area contributed by atoms with E-state index in [9.17, 15) is 9.90 Å². The van der Waals surface area contributed by atoms with Gasteiger partial charge in [-0.15, -0.1) is 0 Å². The van der Waals surface area contributed by atoms with E-state index >= 15 is 0 Å². The van der Waals surface area contributed by atoms with Crippen LogP contribution in [0.2, 0.25) is 0 Å². The third kappa shape index (κ3) is 3.51. The molecule has 0 radical (unpaired) electrons. The van der Waals surface area contributed by atoms with E-state index in [2.05, 4.69) is 16.7 Å². The van der Waals surface area contributed by atoms with Crippen LogP contribution in [0.15, 0.2) is 36.4 Å². The molecule has 0 saturated heterocycles. The van der Waals surface area contributed by atoms with Gasteiger partial charge in [-0.25, -0.2) is 4.79 Å². The lowest BCUT2D eigenvalue weighted by Crippen LogP contribution is -2.19. The molecule has 106 valence electrons. The second-order valence-electron chi connectivity index (χ2n) is 4.74. The summed E-state index contributed by atoms with van der Waals surface area (Å²) in [5.41, 5.74) is 3.09. The summed E-state index contributed by atoms with van der Waals surface area (Å²) in [6.07, 6.45) is 0. The molecule has 21 heavy (non-hydrogen) atoms. The molecule has 0 aliphatic heterocycles. The molecule has 0 bridgehead atoms. The van der Waals surface area contributed by atoms with Crippen LogP contribution in [0.1, 0.15) is 16.7 Å². The van der Waals surface area contributed by atoms with Crippen molar-refractivity contribution in [3.05, 3.63) is 53.1 Å². The van der Waals surface area contributed by atoms with Gasteiger partial charge in [-0.1, -0.05) is 12.1 Å². The number of phenols is 1. The number of urea groups is 1. The summed E-state index contributed by atoms with van der Waals surface area (Å²) in [5, 5.41) is 23.9. The van der Waals surface area contributed by atoms with Crippen LogP contribution in [0.25, 0.3) is 0 Å². The van der Waals surface area contributed by atoms with Gasteiger partial charge in [0.05, 0.1) is 17.3 Å². The number of rotatable bonds is 2. The molecule has 0 saturated carbocycles. The number of nitrogens with one attached hydrogen (secondary N) is 2. The number of hydrogen-bond donors (Lipinski definition) is 3. The van der Waals surface area contributed by atoms with Crippen LogP contribution in [-0.4, -0.2) is 11.1 Å². The first-order valence-corrected chi connectivity index (χ1v) is 6.38. The Bertz CT molecular complexity index is 733. The summed E-state index contributed by atoms with van der Waals surface area (Å²) in [6.45, 7) is 3.67. The average molecular weight is 281 g/mol. The van der Waals surface area contributed by atoms with Gasteiger partial charge < -0.3 is 15.7 Å². The molecule has 0 aliphatic carbocycles. The van der Waals surface area contributed by atoms with E-state index in [0.29, 0.717) is 16.9 Å². The number of carbonyl (C=O) groups excluding carboxylic acids is 1. The second-order valence-corrected chi connectivity index (χ2v) is 4.74. The largest absolute Gasteiger partial charge is 0.506 e. The molecule has 0 atom stereocenters. The minimum absolute atomic E-state index is 0.00627. The maximum absolute atomic E-state index is 11.9. The Balaban J connectivity index is 2.10. The molecule has 3 N–H and O–H groups in total. The standard InChI is InChI=1S/C16H15N3O2/c1-10-3-6-14(15(20)7-10)19-16(21)18-13-5-4-11(2)12(8-13)9-17/h3-8,20H,1-2H3,(H2,18,19,21). The first-order chi connectivity index (χ1) is 9.99. The summed E-state index contributed by atoms with van der Waals surface area (Å²) in [7, 11) is 0. The van der Waals surface area contributed by atoms with Crippen LogP contribution < -0.4 is 10.6 Å². The Kier molecular flexibility index (Phi) is 4.10. The van der Waals surface area contributed by atoms with E-state index < -0.39 is 6.03 Å². The van der Waals surface area contributed by atoms with Crippen molar-refractivity contribution in [1.82, 2.24) is 0 Å². The topological polar surface area (TPSA) is 85.2 Å². The number of phenolic OH excluding ortho intramolecular Hbond substituents is 1. The van der Waals surface area contributed by atoms with Crippen LogP contribution >= 0.6 is 0 Å². The number of aromatic hydroxyl groups is 1. The number of aryl methyl sites for hydroxylation is 2. The summed E-state index contributed by atoms with van der Waals surface area (Å²) in [4.78, 5) is 11.9. The number of hydrogen-bond acceptors (Lipinski definition) is 3. The molecular formula is C16H15N3O2. The van der Waals surface area contributed by atoms with Crippen molar-refractivity contribution in [1.29, 1.82) is 5.26 Å². The lowest BCUT2D eigenvalue weighted by atomic mass is 10.1. The van der Waals surface area contributed by atoms with Gasteiger partial charge in [0.15, 0.2) is 0 Å². The maximum atomic E-state index is 11.9. The summed E-state index contributed by atoms with van der Waals surface area (Å²) >= 11 is 0. The summed E-state index contributed by atoms with van der Waals surface area (Å²) in [6, 6.07) is 11.6. The Labute approximate surface area is 122 Å². The van der Waals surface area contributed by atoms with Gasteiger partial charge in [-0.3, -0.25) is 0 Å². The number of nitriles is 1. The zero-order chi connectivity index (χ0) is 15.4. The van der Waals surface area contributed by atoms with Crippen LogP contribution in [0.3, 0.4) is 0 Å². The van der Waals surface area contributed by atoms with Crippen LogP contribution in [-0.2, 0) is 0 Å². The normalized spacial score (nSPS) is 9.76. The molecule has 0 aromatic heterocycles. The molecule has 2 aromatic carbocycles. The lowest BCUT2D eigenvalue weighted by molar-refractivity contribution is 0.262. The minimum Gasteiger partial charge on any atom is -0.506 e. The highest BCUT2D eigenvalue weighted by atomic mass is 16.3. The Morgan fingerprint density at radius 1 is 1.14 bits per heavy atom. The van der Waals surface area contributed by atoms with Crippen LogP contribution in [0.4, 0.5) is 16.2 Å². The Morgan fingerprint density at radius 2 is 1.90 bits per heavy atom. The van der Waals surface area contributed by atoms with Crippen LogP contribution in [0.5, 0.6) is 5.75 Å². The smallest absolute Gasteiger partial charge is 0.323 e. The van der Waals surface area contributed by atoms with Gasteiger partial charge in [-0.2, -0.15) is 5.26 Å². The summed E-state index contributed by atoms with van der Waals surface area (Å²) < 4.78 is 0. The van der Waals surface area contributed by atoms with Crippen molar-refractivity contribution >= 4 is 17.4 Å². The van der Waals surface area contributed by atoms with Gasteiger partial charge in [0.25, 0.3) is 0 Å². The molecule has 5 heteroatoms. The summed E-state index contributed by atoms with van der Waals surface area (Å²) in [5.74, 6) is 0.00627. The molecule has 2 rings (SSSR count). The van der Waals surface area contributed by atoms with Gasteiger partial charge >= 0.3 is 6.03 Å². The monoisotopic (exact) mass is 281 g/mol. The fourth-order valence-corrected chi connectivity index (χ4v) is 1.85. The SMILES string of the molecule is Cc1ccc(NC(=O)Nc2ccc(C)c(C#N)c2)c(O)c1. The van der Waals surface area contributed by atoms with E-state index in [0.717, 1.165) is 11.1 Å². The van der Waals surface area contributed by atoms with Gasteiger partial charge in [-0.05, 0) is 49.2 Å². The fraction of sp³-hybridized carbons (Fsp3) is 0.125. The minimum atomic E-state index is -0.484. The third-order valence-corrected chi connectivity index (χ3v) is 3.02. The van der Waals surface area contributed by atoms with Crippen molar-refractivity contribution in [2.75, 3.05) is 10.6 Å². The van der Waals surface area contributed by atoms with E-state index in [1.807, 2.05) is 13.8 Å². The molecule has 2 amide bonds. The average Bonchev–Trinajstić information content (AvgIpc) is 2.44. The van der Waals surface area contributed by atoms with Gasteiger partial charge in [0.2, 0.25) is 0 Å². The Hall–Kier alpha value is -3.00. The highest BCUT2D eigenvalue weighted by Crippen LogP contribution is 2.24. The highest BCUT2D eigenvalue weighted by Gasteiger charge is 2.07. The number of carbonyl (C=O) groups is 1.